The maximum absolute atomic E-state index is 14.4. The first-order valence-corrected chi connectivity index (χ1v) is 10.4. The summed E-state index contributed by atoms with van der Waals surface area (Å²) in [5.41, 5.74) is 9.54. The number of nitrogens with one attached hydrogen (secondary N) is 1. The Labute approximate surface area is 192 Å². The van der Waals surface area contributed by atoms with E-state index in [1.165, 1.54) is 17.2 Å². The molecule has 0 fully saturated rings. The summed E-state index contributed by atoms with van der Waals surface area (Å²) in [4.78, 5) is 26.4. The minimum atomic E-state index is -0.758. The van der Waals surface area contributed by atoms with Crippen molar-refractivity contribution in [1.82, 2.24) is 19.9 Å². The SMILES string of the molecule is N#Cc1ccc(CN(Cc2c(F)cccc2F)C(=O)c2cc3nc(N)c4c(c3[nH]2)COC4)nc1. The van der Waals surface area contributed by atoms with Gasteiger partial charge in [-0.3, -0.25) is 9.78 Å². The predicted octanol–water partition coefficient (Wildman–Crippen LogP) is 3.56. The van der Waals surface area contributed by atoms with Crippen molar-refractivity contribution in [2.45, 2.75) is 26.3 Å². The molecule has 0 saturated carbocycles. The van der Waals surface area contributed by atoms with Gasteiger partial charge in [-0.15, -0.1) is 0 Å². The van der Waals surface area contributed by atoms with Crippen molar-refractivity contribution in [2.24, 2.45) is 0 Å². The molecule has 4 aromatic rings. The Morgan fingerprint density at radius 1 is 1.18 bits per heavy atom. The van der Waals surface area contributed by atoms with Crippen molar-refractivity contribution in [3.05, 3.63) is 87.9 Å². The molecule has 1 aliphatic rings. The van der Waals surface area contributed by atoms with E-state index in [0.717, 1.165) is 23.3 Å². The molecule has 4 heterocycles. The van der Waals surface area contributed by atoms with Gasteiger partial charge in [-0.05, 0) is 30.3 Å². The highest BCUT2D eigenvalue weighted by atomic mass is 19.1. The molecule has 0 saturated heterocycles. The number of nitriles is 1. The lowest BCUT2D eigenvalue weighted by molar-refractivity contribution is 0.0719. The van der Waals surface area contributed by atoms with Gasteiger partial charge >= 0.3 is 0 Å². The molecule has 3 N–H and O–H groups in total. The third-order valence-electron chi connectivity index (χ3n) is 5.74. The third-order valence-corrected chi connectivity index (χ3v) is 5.74. The number of amides is 1. The Morgan fingerprint density at radius 3 is 2.65 bits per heavy atom. The number of nitrogens with two attached hydrogens (primary N) is 1. The van der Waals surface area contributed by atoms with Gasteiger partial charge in [0, 0.05) is 22.9 Å². The van der Waals surface area contributed by atoms with Gasteiger partial charge in [0.25, 0.3) is 5.91 Å². The van der Waals surface area contributed by atoms with Gasteiger partial charge in [-0.2, -0.15) is 5.26 Å². The van der Waals surface area contributed by atoms with Crippen molar-refractivity contribution in [3.63, 3.8) is 0 Å². The van der Waals surface area contributed by atoms with Crippen LogP contribution in [0.2, 0.25) is 0 Å². The quantitative estimate of drug-likeness (QED) is 0.470. The molecule has 34 heavy (non-hydrogen) atoms. The van der Waals surface area contributed by atoms with E-state index in [1.807, 2.05) is 6.07 Å². The van der Waals surface area contributed by atoms with Crippen LogP contribution in [0.3, 0.4) is 0 Å². The Morgan fingerprint density at radius 2 is 1.94 bits per heavy atom. The van der Waals surface area contributed by atoms with Crippen LogP contribution < -0.4 is 5.73 Å². The minimum absolute atomic E-state index is 0.0372. The van der Waals surface area contributed by atoms with E-state index in [4.69, 9.17) is 15.7 Å². The molecule has 1 aromatic carbocycles. The number of fused-ring (bicyclic) bond motifs is 3. The average Bonchev–Trinajstić information content (AvgIpc) is 3.48. The number of aromatic nitrogens is 3. The number of aromatic amines is 1. The number of ether oxygens (including phenoxy) is 1. The van der Waals surface area contributed by atoms with Crippen LogP contribution in [0.5, 0.6) is 0 Å². The summed E-state index contributed by atoms with van der Waals surface area (Å²) >= 11 is 0. The van der Waals surface area contributed by atoms with Crippen LogP contribution in [0.4, 0.5) is 14.6 Å². The zero-order chi connectivity index (χ0) is 23.8. The van der Waals surface area contributed by atoms with E-state index in [9.17, 15) is 13.6 Å². The second kappa shape index (κ2) is 8.53. The third kappa shape index (κ3) is 3.82. The molecule has 1 amide bonds. The summed E-state index contributed by atoms with van der Waals surface area (Å²) in [5, 5.41) is 8.99. The molecule has 0 spiro atoms. The number of carbonyl (C=O) groups is 1. The minimum Gasteiger partial charge on any atom is -0.383 e. The topological polar surface area (TPSA) is 121 Å². The number of H-pyrrole nitrogens is 1. The van der Waals surface area contributed by atoms with Gasteiger partial charge in [0.05, 0.1) is 48.6 Å². The van der Waals surface area contributed by atoms with Crippen molar-refractivity contribution in [3.8, 4) is 6.07 Å². The lowest BCUT2D eigenvalue weighted by Crippen LogP contribution is -2.31. The number of carbonyl (C=O) groups excluding carboxylic acids is 1. The second-order valence-corrected chi connectivity index (χ2v) is 7.90. The fourth-order valence-corrected chi connectivity index (χ4v) is 3.98. The van der Waals surface area contributed by atoms with Crippen LogP contribution >= 0.6 is 0 Å². The molecule has 0 atom stereocenters. The number of hydrogen-bond acceptors (Lipinski definition) is 6. The molecule has 8 nitrogen and oxygen atoms in total. The molecular formula is C24H18F2N6O2. The smallest absolute Gasteiger partial charge is 0.271 e. The molecule has 0 aliphatic carbocycles. The number of anilines is 1. The van der Waals surface area contributed by atoms with Crippen LogP contribution in [0.25, 0.3) is 11.0 Å². The van der Waals surface area contributed by atoms with Gasteiger partial charge < -0.3 is 20.4 Å². The first kappa shape index (κ1) is 21.5. The highest BCUT2D eigenvalue weighted by Crippen LogP contribution is 2.31. The summed E-state index contributed by atoms with van der Waals surface area (Å²) in [7, 11) is 0. The van der Waals surface area contributed by atoms with Crippen LogP contribution in [0.1, 0.15) is 38.4 Å². The molecule has 1 aliphatic heterocycles. The van der Waals surface area contributed by atoms with Gasteiger partial charge in [0.1, 0.15) is 29.2 Å². The summed E-state index contributed by atoms with van der Waals surface area (Å²) in [6.45, 7) is 0.317. The lowest BCUT2D eigenvalue weighted by Gasteiger charge is -2.22. The Balaban J connectivity index is 1.53. The van der Waals surface area contributed by atoms with E-state index in [1.54, 1.807) is 18.2 Å². The zero-order valence-corrected chi connectivity index (χ0v) is 17.8. The number of nitrogens with zero attached hydrogens (tertiary/aromatic N) is 4. The van der Waals surface area contributed by atoms with E-state index in [2.05, 4.69) is 15.0 Å². The van der Waals surface area contributed by atoms with E-state index in [0.29, 0.717) is 41.3 Å². The van der Waals surface area contributed by atoms with E-state index in [-0.39, 0.29) is 24.3 Å². The number of benzene rings is 1. The molecule has 5 rings (SSSR count). The molecule has 0 unspecified atom stereocenters. The van der Waals surface area contributed by atoms with Crippen molar-refractivity contribution < 1.29 is 18.3 Å². The Hall–Kier alpha value is -4.36. The standard InChI is InChI=1S/C24H18F2N6O2/c25-18-2-1-3-19(26)15(18)10-32(9-14-5-4-13(7-27)8-29-14)24(33)21-6-20-22(30-21)16-11-34-12-17(16)23(28)31-20/h1-6,8,30H,9-12H2,(H2,28,31). The molecule has 3 aromatic heterocycles. The Bertz CT molecular complexity index is 1440. The lowest BCUT2D eigenvalue weighted by atomic mass is 10.1. The Kier molecular flexibility index (Phi) is 5.39. The highest BCUT2D eigenvalue weighted by Gasteiger charge is 2.25. The number of rotatable bonds is 5. The van der Waals surface area contributed by atoms with Crippen LogP contribution in [-0.4, -0.2) is 25.8 Å². The molecular weight excluding hydrogens is 442 g/mol. The number of hydrogen-bond donors (Lipinski definition) is 2. The fourth-order valence-electron chi connectivity index (χ4n) is 3.98. The second-order valence-electron chi connectivity index (χ2n) is 7.90. The normalized spacial score (nSPS) is 12.5. The maximum Gasteiger partial charge on any atom is 0.271 e. The zero-order valence-electron chi connectivity index (χ0n) is 17.8. The first-order chi connectivity index (χ1) is 16.4. The van der Waals surface area contributed by atoms with Crippen LogP contribution in [0.15, 0.2) is 42.6 Å². The highest BCUT2D eigenvalue weighted by molar-refractivity contribution is 5.98. The number of halogens is 2. The van der Waals surface area contributed by atoms with Crippen molar-refractivity contribution in [1.29, 1.82) is 5.26 Å². The predicted molar refractivity (Wildman–Crippen MR) is 118 cm³/mol. The van der Waals surface area contributed by atoms with Gasteiger partial charge in [-0.25, -0.2) is 13.8 Å². The molecule has 0 bridgehead atoms. The first-order valence-electron chi connectivity index (χ1n) is 10.4. The van der Waals surface area contributed by atoms with Crippen molar-refractivity contribution >= 4 is 22.8 Å². The summed E-state index contributed by atoms with van der Waals surface area (Å²) < 4.78 is 34.3. The maximum atomic E-state index is 14.4. The van der Waals surface area contributed by atoms with Gasteiger partial charge in [0.15, 0.2) is 0 Å². The summed E-state index contributed by atoms with van der Waals surface area (Å²) in [6, 6.07) is 10.2. The van der Waals surface area contributed by atoms with Gasteiger partial charge in [0.2, 0.25) is 0 Å². The number of pyridine rings is 2. The molecule has 170 valence electrons. The van der Waals surface area contributed by atoms with E-state index >= 15 is 0 Å². The monoisotopic (exact) mass is 460 g/mol. The summed E-state index contributed by atoms with van der Waals surface area (Å²) in [6.07, 6.45) is 1.38. The summed E-state index contributed by atoms with van der Waals surface area (Å²) in [5.74, 6) is -1.68. The van der Waals surface area contributed by atoms with Crippen LogP contribution in [-0.2, 0) is 31.0 Å². The van der Waals surface area contributed by atoms with Gasteiger partial charge in [-0.1, -0.05) is 6.07 Å². The van der Waals surface area contributed by atoms with E-state index < -0.39 is 17.5 Å². The largest absolute Gasteiger partial charge is 0.383 e. The van der Waals surface area contributed by atoms with Crippen LogP contribution in [0, 0.1) is 23.0 Å². The molecule has 10 heteroatoms. The molecule has 0 radical (unpaired) electrons. The fraction of sp³-hybridized carbons (Fsp3) is 0.167. The number of nitrogen functional groups attached to an aromatic ring is 1. The average molecular weight is 460 g/mol. The van der Waals surface area contributed by atoms with Crippen molar-refractivity contribution in [2.75, 3.05) is 5.73 Å².